The van der Waals surface area contributed by atoms with Gasteiger partial charge in [-0.2, -0.15) is 0 Å². The summed E-state index contributed by atoms with van der Waals surface area (Å²) in [4.78, 5) is 11.9. The Labute approximate surface area is 119 Å². The molecule has 1 unspecified atom stereocenters. The van der Waals surface area contributed by atoms with Gasteiger partial charge in [-0.25, -0.2) is 4.79 Å². The van der Waals surface area contributed by atoms with Crippen LogP contribution in [0.15, 0.2) is 18.2 Å². The molecule has 1 N–H and O–H groups in total. The van der Waals surface area contributed by atoms with Crippen LogP contribution in [-0.4, -0.2) is 30.8 Å². The summed E-state index contributed by atoms with van der Waals surface area (Å²) in [6, 6.07) is 5.08. The zero-order valence-corrected chi connectivity index (χ0v) is 12.4. The third-order valence-corrected chi connectivity index (χ3v) is 2.69. The minimum atomic E-state index is -0.486. The van der Waals surface area contributed by atoms with E-state index in [1.54, 1.807) is 6.92 Å². The van der Waals surface area contributed by atoms with Gasteiger partial charge >= 0.3 is 5.97 Å². The summed E-state index contributed by atoms with van der Waals surface area (Å²) in [6.07, 6.45) is 0. The highest BCUT2D eigenvalue weighted by Gasteiger charge is 2.22. The van der Waals surface area contributed by atoms with E-state index in [0.29, 0.717) is 19.0 Å². The van der Waals surface area contributed by atoms with Crippen molar-refractivity contribution >= 4 is 11.7 Å². The Bertz CT molecular complexity index is 493. The Morgan fingerprint density at radius 1 is 1.25 bits per heavy atom. The molecule has 0 fully saturated rings. The molecule has 0 aromatic heterocycles. The van der Waals surface area contributed by atoms with E-state index < -0.39 is 11.6 Å². The number of carbonyl (C=O) groups excluding carboxylic acids is 1. The first-order chi connectivity index (χ1) is 9.35. The van der Waals surface area contributed by atoms with E-state index >= 15 is 0 Å². The largest absolute Gasteiger partial charge is 0.486 e. The fourth-order valence-corrected chi connectivity index (χ4v) is 1.83. The molecule has 5 nitrogen and oxygen atoms in total. The Balaban J connectivity index is 2.01. The Kier molecular flexibility index (Phi) is 4.06. The second kappa shape index (κ2) is 5.61. The van der Waals surface area contributed by atoms with Crippen molar-refractivity contribution in [3.63, 3.8) is 0 Å². The van der Waals surface area contributed by atoms with Crippen molar-refractivity contribution in [3.05, 3.63) is 18.2 Å². The lowest BCUT2D eigenvalue weighted by molar-refractivity contribution is -0.155. The SMILES string of the molecule is CC(Nc1ccc2c(c1)OCCO2)C(=O)OC(C)(C)C. The normalized spacial score (nSPS) is 15.4. The molecule has 1 aliphatic rings. The summed E-state index contributed by atoms with van der Waals surface area (Å²) >= 11 is 0. The third-order valence-electron chi connectivity index (χ3n) is 2.69. The molecule has 20 heavy (non-hydrogen) atoms. The quantitative estimate of drug-likeness (QED) is 0.862. The van der Waals surface area contributed by atoms with Crippen LogP contribution in [-0.2, 0) is 9.53 Å². The molecule has 0 bridgehead atoms. The number of hydrogen-bond donors (Lipinski definition) is 1. The minimum absolute atomic E-state index is 0.285. The predicted molar refractivity (Wildman–Crippen MR) is 76.4 cm³/mol. The minimum Gasteiger partial charge on any atom is -0.486 e. The van der Waals surface area contributed by atoms with E-state index in [1.807, 2.05) is 39.0 Å². The fraction of sp³-hybridized carbons (Fsp3) is 0.533. The molecule has 0 saturated carbocycles. The fourth-order valence-electron chi connectivity index (χ4n) is 1.83. The van der Waals surface area contributed by atoms with Crippen molar-refractivity contribution in [2.75, 3.05) is 18.5 Å². The first kappa shape index (κ1) is 14.5. The number of carbonyl (C=O) groups is 1. The van der Waals surface area contributed by atoms with E-state index in [1.165, 1.54) is 0 Å². The monoisotopic (exact) mass is 279 g/mol. The molecule has 1 atom stereocenters. The van der Waals surface area contributed by atoms with E-state index in [4.69, 9.17) is 14.2 Å². The summed E-state index contributed by atoms with van der Waals surface area (Å²) in [5, 5.41) is 3.10. The van der Waals surface area contributed by atoms with Crippen LogP contribution < -0.4 is 14.8 Å². The van der Waals surface area contributed by atoms with Crippen LogP contribution in [0.2, 0.25) is 0 Å². The molecular weight excluding hydrogens is 258 g/mol. The van der Waals surface area contributed by atoms with E-state index in [9.17, 15) is 4.79 Å². The topological polar surface area (TPSA) is 56.8 Å². The zero-order chi connectivity index (χ0) is 14.8. The van der Waals surface area contributed by atoms with Crippen molar-refractivity contribution in [3.8, 4) is 11.5 Å². The lowest BCUT2D eigenvalue weighted by Crippen LogP contribution is -2.34. The van der Waals surface area contributed by atoms with Crippen molar-refractivity contribution < 1.29 is 19.0 Å². The Hall–Kier alpha value is -1.91. The molecule has 0 radical (unpaired) electrons. The van der Waals surface area contributed by atoms with Crippen molar-refractivity contribution in [1.82, 2.24) is 0 Å². The van der Waals surface area contributed by atoms with E-state index in [-0.39, 0.29) is 5.97 Å². The van der Waals surface area contributed by atoms with Gasteiger partial charge in [0.25, 0.3) is 0 Å². The first-order valence-electron chi connectivity index (χ1n) is 6.74. The van der Waals surface area contributed by atoms with Gasteiger partial charge in [0, 0.05) is 11.8 Å². The number of anilines is 1. The maximum Gasteiger partial charge on any atom is 0.328 e. The summed E-state index contributed by atoms with van der Waals surface area (Å²) in [7, 11) is 0. The van der Waals surface area contributed by atoms with E-state index in [0.717, 1.165) is 11.4 Å². The van der Waals surface area contributed by atoms with Crippen LogP contribution in [0.5, 0.6) is 11.5 Å². The first-order valence-corrected chi connectivity index (χ1v) is 6.74. The molecule has 1 heterocycles. The van der Waals surface area contributed by atoms with Crippen molar-refractivity contribution in [1.29, 1.82) is 0 Å². The number of nitrogens with one attached hydrogen (secondary N) is 1. The van der Waals surface area contributed by atoms with Gasteiger partial charge in [0.1, 0.15) is 24.9 Å². The molecular formula is C15H21NO4. The van der Waals surface area contributed by atoms with Crippen molar-refractivity contribution in [2.24, 2.45) is 0 Å². The highest BCUT2D eigenvalue weighted by atomic mass is 16.6. The van der Waals surface area contributed by atoms with Gasteiger partial charge in [-0.1, -0.05) is 0 Å². The van der Waals surface area contributed by atoms with Crippen LogP contribution in [0.25, 0.3) is 0 Å². The number of esters is 1. The standard InChI is InChI=1S/C15H21NO4/c1-10(14(17)20-15(2,3)4)16-11-5-6-12-13(9-11)19-8-7-18-12/h5-6,9-10,16H,7-8H2,1-4H3. The lowest BCUT2D eigenvalue weighted by atomic mass is 10.2. The molecule has 2 rings (SSSR count). The second-order valence-electron chi connectivity index (χ2n) is 5.76. The molecule has 110 valence electrons. The molecule has 1 aliphatic heterocycles. The highest BCUT2D eigenvalue weighted by molar-refractivity contribution is 5.79. The van der Waals surface area contributed by atoms with Gasteiger partial charge in [0.15, 0.2) is 11.5 Å². The summed E-state index contributed by atoms with van der Waals surface area (Å²) in [5.41, 5.74) is 0.312. The molecule has 1 aromatic rings. The van der Waals surface area contributed by atoms with Crippen molar-refractivity contribution in [2.45, 2.75) is 39.3 Å². The van der Waals surface area contributed by atoms with Gasteiger partial charge < -0.3 is 19.5 Å². The van der Waals surface area contributed by atoms with Crippen LogP contribution in [0.3, 0.4) is 0 Å². The second-order valence-corrected chi connectivity index (χ2v) is 5.76. The smallest absolute Gasteiger partial charge is 0.328 e. The highest BCUT2D eigenvalue weighted by Crippen LogP contribution is 2.32. The Morgan fingerprint density at radius 3 is 2.55 bits per heavy atom. The Morgan fingerprint density at radius 2 is 1.90 bits per heavy atom. The maximum absolute atomic E-state index is 11.9. The van der Waals surface area contributed by atoms with Crippen LogP contribution >= 0.6 is 0 Å². The average Bonchev–Trinajstić information content (AvgIpc) is 2.36. The van der Waals surface area contributed by atoms with Gasteiger partial charge in [-0.15, -0.1) is 0 Å². The van der Waals surface area contributed by atoms with Crippen LogP contribution in [0, 0.1) is 0 Å². The summed E-state index contributed by atoms with van der Waals surface area (Å²) < 4.78 is 16.3. The number of hydrogen-bond acceptors (Lipinski definition) is 5. The average molecular weight is 279 g/mol. The number of benzene rings is 1. The molecule has 1 aromatic carbocycles. The number of rotatable bonds is 3. The summed E-state index contributed by atoms with van der Waals surface area (Å²) in [5.74, 6) is 1.14. The van der Waals surface area contributed by atoms with Gasteiger partial charge in [-0.05, 0) is 39.8 Å². The number of fused-ring (bicyclic) bond motifs is 1. The zero-order valence-electron chi connectivity index (χ0n) is 12.4. The molecule has 0 spiro atoms. The lowest BCUT2D eigenvalue weighted by Gasteiger charge is -2.24. The molecule has 0 amide bonds. The van der Waals surface area contributed by atoms with Gasteiger partial charge in [0.2, 0.25) is 0 Å². The molecule has 0 saturated heterocycles. The predicted octanol–water partition coefficient (Wildman–Crippen LogP) is 2.60. The maximum atomic E-state index is 11.9. The molecule has 5 heteroatoms. The summed E-state index contributed by atoms with van der Waals surface area (Å²) in [6.45, 7) is 8.42. The van der Waals surface area contributed by atoms with Crippen LogP contribution in [0.1, 0.15) is 27.7 Å². The van der Waals surface area contributed by atoms with E-state index in [2.05, 4.69) is 5.32 Å². The third kappa shape index (κ3) is 3.79. The van der Waals surface area contributed by atoms with Crippen LogP contribution in [0.4, 0.5) is 5.69 Å². The number of ether oxygens (including phenoxy) is 3. The van der Waals surface area contributed by atoms with Gasteiger partial charge in [0.05, 0.1) is 0 Å². The van der Waals surface area contributed by atoms with Gasteiger partial charge in [-0.3, -0.25) is 0 Å². The molecule has 0 aliphatic carbocycles.